The van der Waals surface area contributed by atoms with E-state index in [9.17, 15) is 0 Å². The first-order valence-corrected chi connectivity index (χ1v) is 4.20. The quantitative estimate of drug-likeness (QED) is 0.394. The van der Waals surface area contributed by atoms with Crippen molar-refractivity contribution in [2.75, 3.05) is 0 Å². The van der Waals surface area contributed by atoms with Crippen LogP contribution in [0.1, 0.15) is 17.2 Å². The molecule has 4 heteroatoms. The summed E-state index contributed by atoms with van der Waals surface area (Å²) in [6.45, 7) is 0. The van der Waals surface area contributed by atoms with Crippen molar-refractivity contribution in [1.82, 2.24) is 0 Å². The Morgan fingerprint density at radius 2 is 2.23 bits per heavy atom. The van der Waals surface area contributed by atoms with Gasteiger partial charge >= 0.3 is 0 Å². The third kappa shape index (κ3) is 1.26. The topological polar surface area (TPSA) is 74.8 Å². The molecule has 0 heterocycles. The first kappa shape index (κ1) is 8.10. The van der Waals surface area contributed by atoms with Gasteiger partial charge in [0.1, 0.15) is 0 Å². The summed E-state index contributed by atoms with van der Waals surface area (Å²) in [6, 6.07) is 7.68. The van der Waals surface area contributed by atoms with Gasteiger partial charge in [0.25, 0.3) is 0 Å². The average Bonchev–Trinajstić information content (AvgIpc) is 2.44. The molecule has 1 aromatic carbocycles. The summed E-state index contributed by atoms with van der Waals surface area (Å²) in [5.41, 5.74) is 16.5. The van der Waals surface area contributed by atoms with Crippen LogP contribution >= 0.6 is 0 Å². The second-order valence-electron chi connectivity index (χ2n) is 3.22. The lowest BCUT2D eigenvalue weighted by molar-refractivity contribution is 0.590. The molecule has 13 heavy (non-hydrogen) atoms. The third-order valence-electron chi connectivity index (χ3n) is 2.41. The minimum absolute atomic E-state index is 0.0618. The van der Waals surface area contributed by atoms with Crippen molar-refractivity contribution in [2.45, 2.75) is 18.5 Å². The minimum Gasteiger partial charge on any atom is -0.327 e. The predicted molar refractivity (Wildman–Crippen MR) is 50.0 cm³/mol. The number of azide groups is 1. The Labute approximate surface area is 76.0 Å². The van der Waals surface area contributed by atoms with Crippen molar-refractivity contribution in [3.8, 4) is 0 Å². The first-order chi connectivity index (χ1) is 6.33. The molecule has 0 amide bonds. The molecule has 2 atom stereocenters. The van der Waals surface area contributed by atoms with Gasteiger partial charge in [-0.15, -0.1) is 0 Å². The van der Waals surface area contributed by atoms with E-state index < -0.39 is 0 Å². The van der Waals surface area contributed by atoms with Crippen molar-refractivity contribution in [3.05, 3.63) is 45.8 Å². The molecule has 0 radical (unpaired) electrons. The van der Waals surface area contributed by atoms with Crippen LogP contribution in [0.4, 0.5) is 0 Å². The van der Waals surface area contributed by atoms with Crippen molar-refractivity contribution in [1.29, 1.82) is 0 Å². The Morgan fingerprint density at radius 3 is 3.00 bits per heavy atom. The van der Waals surface area contributed by atoms with Crippen LogP contribution in [0.3, 0.4) is 0 Å². The Kier molecular flexibility index (Phi) is 1.93. The van der Waals surface area contributed by atoms with Gasteiger partial charge in [0.15, 0.2) is 0 Å². The molecule has 1 aliphatic rings. The summed E-state index contributed by atoms with van der Waals surface area (Å²) in [4.78, 5) is 2.81. The van der Waals surface area contributed by atoms with E-state index >= 15 is 0 Å². The Morgan fingerprint density at radius 1 is 1.46 bits per heavy atom. The molecular weight excluding hydrogens is 164 g/mol. The highest BCUT2D eigenvalue weighted by molar-refractivity contribution is 5.37. The number of hydrogen-bond acceptors (Lipinski definition) is 2. The minimum atomic E-state index is -0.179. The molecule has 0 aromatic heterocycles. The maximum Gasteiger partial charge on any atom is 0.0782 e. The van der Waals surface area contributed by atoms with Crippen LogP contribution in [0.15, 0.2) is 29.4 Å². The molecule has 1 aromatic rings. The highest BCUT2D eigenvalue weighted by atomic mass is 15.2. The molecular formula is C9H10N4. The lowest BCUT2D eigenvalue weighted by atomic mass is 10.1. The monoisotopic (exact) mass is 174 g/mol. The van der Waals surface area contributed by atoms with Gasteiger partial charge in [0.05, 0.1) is 6.04 Å². The van der Waals surface area contributed by atoms with Crippen LogP contribution in [-0.4, -0.2) is 6.04 Å². The van der Waals surface area contributed by atoms with E-state index in [1.807, 2.05) is 24.3 Å². The van der Waals surface area contributed by atoms with E-state index in [0.29, 0.717) is 0 Å². The van der Waals surface area contributed by atoms with E-state index in [1.54, 1.807) is 0 Å². The predicted octanol–water partition coefficient (Wildman–Crippen LogP) is 1.92. The van der Waals surface area contributed by atoms with Crippen molar-refractivity contribution in [2.24, 2.45) is 10.8 Å². The summed E-state index contributed by atoms with van der Waals surface area (Å²) < 4.78 is 0. The van der Waals surface area contributed by atoms with Gasteiger partial charge < -0.3 is 5.73 Å². The summed E-state index contributed by atoms with van der Waals surface area (Å²) in [7, 11) is 0. The fourth-order valence-corrected chi connectivity index (χ4v) is 1.81. The zero-order valence-electron chi connectivity index (χ0n) is 7.09. The van der Waals surface area contributed by atoms with Gasteiger partial charge in [-0.25, -0.2) is 0 Å². The van der Waals surface area contributed by atoms with Crippen LogP contribution < -0.4 is 5.73 Å². The summed E-state index contributed by atoms with van der Waals surface area (Å²) in [5, 5.41) is 3.70. The molecule has 4 nitrogen and oxygen atoms in total. The average molecular weight is 174 g/mol. The van der Waals surface area contributed by atoms with E-state index in [2.05, 4.69) is 10.0 Å². The Bertz CT molecular complexity index is 368. The number of hydrogen-bond donors (Lipinski definition) is 1. The standard InChI is InChI=1S/C9H10N4/c10-8-5-6-3-1-2-4-7(6)9(8)12-13-11/h1-4,8-9H,5,10H2/t8-,9+/m0/s1. The van der Waals surface area contributed by atoms with Crippen LogP contribution in [0.5, 0.6) is 0 Å². The van der Waals surface area contributed by atoms with Crippen molar-refractivity contribution < 1.29 is 0 Å². The summed E-state index contributed by atoms with van der Waals surface area (Å²) in [5.74, 6) is 0. The largest absolute Gasteiger partial charge is 0.327 e. The molecule has 2 N–H and O–H groups in total. The molecule has 0 bridgehead atoms. The number of benzene rings is 1. The van der Waals surface area contributed by atoms with E-state index in [-0.39, 0.29) is 12.1 Å². The fourth-order valence-electron chi connectivity index (χ4n) is 1.81. The van der Waals surface area contributed by atoms with E-state index in [4.69, 9.17) is 11.3 Å². The third-order valence-corrected chi connectivity index (χ3v) is 2.41. The molecule has 66 valence electrons. The van der Waals surface area contributed by atoms with E-state index in [0.717, 1.165) is 12.0 Å². The molecule has 2 rings (SSSR count). The maximum absolute atomic E-state index is 8.37. The molecule has 0 saturated heterocycles. The Balaban J connectivity index is 2.46. The second kappa shape index (κ2) is 3.09. The zero-order chi connectivity index (χ0) is 9.26. The molecule has 0 aliphatic heterocycles. The van der Waals surface area contributed by atoms with Crippen molar-refractivity contribution >= 4 is 0 Å². The molecule has 1 aliphatic carbocycles. The highest BCUT2D eigenvalue weighted by Crippen LogP contribution is 2.32. The second-order valence-corrected chi connectivity index (χ2v) is 3.22. The summed E-state index contributed by atoms with van der Waals surface area (Å²) in [6.07, 6.45) is 0.805. The number of fused-ring (bicyclic) bond motifs is 1. The van der Waals surface area contributed by atoms with Crippen LogP contribution in [-0.2, 0) is 6.42 Å². The smallest absolute Gasteiger partial charge is 0.0782 e. The van der Waals surface area contributed by atoms with Gasteiger partial charge in [0, 0.05) is 11.0 Å². The van der Waals surface area contributed by atoms with Gasteiger partial charge in [-0.2, -0.15) is 0 Å². The number of rotatable bonds is 1. The van der Waals surface area contributed by atoms with Gasteiger partial charge in [0.2, 0.25) is 0 Å². The lowest BCUT2D eigenvalue weighted by Crippen LogP contribution is -2.23. The molecule has 0 unspecified atom stereocenters. The number of nitrogens with zero attached hydrogens (tertiary/aromatic N) is 3. The van der Waals surface area contributed by atoms with Crippen LogP contribution in [0, 0.1) is 0 Å². The van der Waals surface area contributed by atoms with Crippen LogP contribution in [0.25, 0.3) is 10.4 Å². The number of nitrogens with two attached hydrogens (primary N) is 1. The van der Waals surface area contributed by atoms with E-state index in [1.165, 1.54) is 5.56 Å². The Hall–Kier alpha value is -1.51. The van der Waals surface area contributed by atoms with Gasteiger partial charge in [-0.1, -0.05) is 29.4 Å². The lowest BCUT2D eigenvalue weighted by Gasteiger charge is -2.08. The van der Waals surface area contributed by atoms with Gasteiger partial charge in [-0.05, 0) is 23.1 Å². The zero-order valence-corrected chi connectivity index (χ0v) is 7.09. The molecule has 0 fully saturated rings. The SMILES string of the molecule is [N-]=[N+]=N[C@@H]1c2ccccc2C[C@@H]1N. The summed E-state index contributed by atoms with van der Waals surface area (Å²) >= 11 is 0. The first-order valence-electron chi connectivity index (χ1n) is 4.20. The normalized spacial score (nSPS) is 25.0. The molecule has 0 saturated carbocycles. The maximum atomic E-state index is 8.37. The van der Waals surface area contributed by atoms with Crippen molar-refractivity contribution in [3.63, 3.8) is 0 Å². The van der Waals surface area contributed by atoms with Crippen LogP contribution in [0.2, 0.25) is 0 Å². The highest BCUT2D eigenvalue weighted by Gasteiger charge is 2.28. The fraction of sp³-hybridized carbons (Fsp3) is 0.333. The molecule has 0 spiro atoms. The van der Waals surface area contributed by atoms with Gasteiger partial charge in [-0.3, -0.25) is 0 Å².